The predicted molar refractivity (Wildman–Crippen MR) is 33.4 cm³/mol. The van der Waals surface area contributed by atoms with Crippen molar-refractivity contribution in [2.24, 2.45) is 5.92 Å². The number of rotatable bonds is 0. The van der Waals surface area contributed by atoms with Crippen LogP contribution in [0.1, 0.15) is 19.3 Å². The molecule has 44 valence electrons. The zero-order valence-electron chi connectivity index (χ0n) is 4.98. The standard InChI is InChI=1S/C7H11N/c1-2-6-4-5-8-7(6)3-1/h3,6,8H,1-2,4-5H2/t6-/m1/s1. The molecule has 1 fully saturated rings. The molecule has 0 spiro atoms. The molecule has 0 unspecified atom stereocenters. The summed E-state index contributed by atoms with van der Waals surface area (Å²) < 4.78 is 0. The van der Waals surface area contributed by atoms with Crippen LogP contribution in [0.15, 0.2) is 11.8 Å². The van der Waals surface area contributed by atoms with Crippen molar-refractivity contribution in [3.05, 3.63) is 11.8 Å². The van der Waals surface area contributed by atoms with Crippen molar-refractivity contribution in [3.8, 4) is 0 Å². The summed E-state index contributed by atoms with van der Waals surface area (Å²) in [7, 11) is 0. The number of hydrogen-bond acceptors (Lipinski definition) is 1. The molecule has 0 saturated carbocycles. The first kappa shape index (κ1) is 4.42. The van der Waals surface area contributed by atoms with E-state index in [-0.39, 0.29) is 0 Å². The predicted octanol–water partition coefficient (Wildman–Crippen LogP) is 1.27. The average molecular weight is 109 g/mol. The van der Waals surface area contributed by atoms with Crippen LogP contribution >= 0.6 is 0 Å². The first-order valence-corrected chi connectivity index (χ1v) is 3.41. The van der Waals surface area contributed by atoms with Crippen LogP contribution in [-0.4, -0.2) is 6.54 Å². The molecule has 1 N–H and O–H groups in total. The SMILES string of the molecule is C1=C2NCC[C@H]2CC1. The number of nitrogens with one attached hydrogen (secondary N) is 1. The summed E-state index contributed by atoms with van der Waals surface area (Å²) in [6.07, 6.45) is 6.44. The summed E-state index contributed by atoms with van der Waals surface area (Å²) in [4.78, 5) is 0. The van der Waals surface area contributed by atoms with E-state index in [1.807, 2.05) is 0 Å². The minimum absolute atomic E-state index is 0.926. The molecule has 1 heteroatoms. The van der Waals surface area contributed by atoms with E-state index in [4.69, 9.17) is 0 Å². The molecule has 0 aromatic rings. The molecule has 8 heavy (non-hydrogen) atoms. The lowest BCUT2D eigenvalue weighted by molar-refractivity contribution is 0.625. The van der Waals surface area contributed by atoms with E-state index in [1.54, 1.807) is 0 Å². The molecule has 0 amide bonds. The maximum atomic E-state index is 3.38. The second-order valence-corrected chi connectivity index (χ2v) is 2.65. The Bertz CT molecular complexity index is 126. The van der Waals surface area contributed by atoms with Gasteiger partial charge in [-0.3, -0.25) is 0 Å². The quantitative estimate of drug-likeness (QED) is 0.494. The van der Waals surface area contributed by atoms with Gasteiger partial charge in [-0.05, 0) is 19.3 Å². The summed E-state index contributed by atoms with van der Waals surface area (Å²) in [6, 6.07) is 0. The van der Waals surface area contributed by atoms with Crippen molar-refractivity contribution in [2.75, 3.05) is 6.54 Å². The smallest absolute Gasteiger partial charge is 0.0150 e. The van der Waals surface area contributed by atoms with Crippen LogP contribution in [0.25, 0.3) is 0 Å². The van der Waals surface area contributed by atoms with Gasteiger partial charge >= 0.3 is 0 Å². The van der Waals surface area contributed by atoms with Crippen LogP contribution in [0, 0.1) is 5.92 Å². The fraction of sp³-hybridized carbons (Fsp3) is 0.714. The minimum atomic E-state index is 0.926. The van der Waals surface area contributed by atoms with Gasteiger partial charge in [-0.15, -0.1) is 0 Å². The van der Waals surface area contributed by atoms with Gasteiger partial charge in [-0.2, -0.15) is 0 Å². The van der Waals surface area contributed by atoms with Crippen molar-refractivity contribution in [1.82, 2.24) is 5.32 Å². The van der Waals surface area contributed by atoms with Gasteiger partial charge in [-0.25, -0.2) is 0 Å². The van der Waals surface area contributed by atoms with Gasteiger partial charge in [0.2, 0.25) is 0 Å². The van der Waals surface area contributed by atoms with Gasteiger partial charge in [0.1, 0.15) is 0 Å². The average Bonchev–Trinajstić information content (AvgIpc) is 2.15. The zero-order valence-corrected chi connectivity index (χ0v) is 4.98. The molecule has 0 bridgehead atoms. The van der Waals surface area contributed by atoms with Crippen molar-refractivity contribution in [1.29, 1.82) is 0 Å². The highest BCUT2D eigenvalue weighted by Gasteiger charge is 2.22. The van der Waals surface area contributed by atoms with Crippen LogP contribution < -0.4 is 5.32 Å². The second kappa shape index (κ2) is 1.51. The molecule has 1 saturated heterocycles. The Morgan fingerprint density at radius 3 is 3.38 bits per heavy atom. The lowest BCUT2D eigenvalue weighted by Crippen LogP contribution is -2.03. The van der Waals surface area contributed by atoms with Crippen molar-refractivity contribution >= 4 is 0 Å². The van der Waals surface area contributed by atoms with E-state index in [1.165, 1.54) is 31.5 Å². The maximum Gasteiger partial charge on any atom is 0.0150 e. The second-order valence-electron chi connectivity index (χ2n) is 2.65. The molecular formula is C7H11N. The number of fused-ring (bicyclic) bond motifs is 1. The summed E-state index contributed by atoms with van der Waals surface area (Å²) in [5, 5.41) is 3.38. The normalized spacial score (nSPS) is 34.0. The number of allylic oxidation sites excluding steroid dienone is 2. The first-order valence-electron chi connectivity index (χ1n) is 3.41. The monoisotopic (exact) mass is 109 g/mol. The third-order valence-electron chi connectivity index (χ3n) is 2.14. The Labute approximate surface area is 49.8 Å². The lowest BCUT2D eigenvalue weighted by Gasteiger charge is -1.98. The van der Waals surface area contributed by atoms with Gasteiger partial charge in [0.25, 0.3) is 0 Å². The topological polar surface area (TPSA) is 12.0 Å². The largest absolute Gasteiger partial charge is 0.388 e. The fourth-order valence-corrected chi connectivity index (χ4v) is 1.67. The Hall–Kier alpha value is -0.460. The molecule has 1 atom stereocenters. The van der Waals surface area contributed by atoms with E-state index < -0.39 is 0 Å². The van der Waals surface area contributed by atoms with E-state index in [0.29, 0.717) is 0 Å². The molecule has 2 rings (SSSR count). The van der Waals surface area contributed by atoms with Crippen LogP contribution in [0.4, 0.5) is 0 Å². The van der Waals surface area contributed by atoms with Gasteiger partial charge in [-0.1, -0.05) is 6.08 Å². The van der Waals surface area contributed by atoms with E-state index in [9.17, 15) is 0 Å². The third kappa shape index (κ3) is 0.473. The van der Waals surface area contributed by atoms with Gasteiger partial charge < -0.3 is 5.32 Å². The molecule has 1 aliphatic carbocycles. The molecular weight excluding hydrogens is 98.1 g/mol. The van der Waals surface area contributed by atoms with Crippen LogP contribution in [0.2, 0.25) is 0 Å². The Balaban J connectivity index is 2.20. The van der Waals surface area contributed by atoms with E-state index in [2.05, 4.69) is 11.4 Å². The molecule has 0 aromatic heterocycles. The summed E-state index contributed by atoms with van der Waals surface area (Å²) in [6.45, 7) is 1.22. The molecule has 0 aromatic carbocycles. The Morgan fingerprint density at radius 2 is 2.50 bits per heavy atom. The molecule has 1 aliphatic heterocycles. The lowest BCUT2D eigenvalue weighted by atomic mass is 10.1. The summed E-state index contributed by atoms with van der Waals surface area (Å²) >= 11 is 0. The number of hydrogen-bond donors (Lipinski definition) is 1. The van der Waals surface area contributed by atoms with Crippen molar-refractivity contribution < 1.29 is 0 Å². The van der Waals surface area contributed by atoms with Gasteiger partial charge in [0.15, 0.2) is 0 Å². The summed E-state index contributed by atoms with van der Waals surface area (Å²) in [5.74, 6) is 0.926. The van der Waals surface area contributed by atoms with Crippen LogP contribution in [-0.2, 0) is 0 Å². The molecule has 0 radical (unpaired) electrons. The molecule has 1 nitrogen and oxygen atoms in total. The van der Waals surface area contributed by atoms with Crippen LogP contribution in [0.5, 0.6) is 0 Å². The maximum absolute atomic E-state index is 3.38. The fourth-order valence-electron chi connectivity index (χ4n) is 1.67. The zero-order chi connectivity index (χ0) is 5.40. The van der Waals surface area contributed by atoms with Crippen molar-refractivity contribution in [3.63, 3.8) is 0 Å². The molecule has 2 aliphatic rings. The first-order chi connectivity index (χ1) is 3.97. The highest BCUT2D eigenvalue weighted by molar-refractivity contribution is 5.14. The highest BCUT2D eigenvalue weighted by atomic mass is 14.9. The van der Waals surface area contributed by atoms with E-state index in [0.717, 1.165) is 5.92 Å². The van der Waals surface area contributed by atoms with E-state index >= 15 is 0 Å². The molecule has 1 heterocycles. The third-order valence-corrected chi connectivity index (χ3v) is 2.14. The Morgan fingerprint density at radius 1 is 1.50 bits per heavy atom. The summed E-state index contributed by atoms with van der Waals surface area (Å²) in [5.41, 5.74) is 1.53. The Kier molecular flexibility index (Phi) is 0.833. The van der Waals surface area contributed by atoms with Gasteiger partial charge in [0.05, 0.1) is 0 Å². The minimum Gasteiger partial charge on any atom is -0.388 e. The van der Waals surface area contributed by atoms with Crippen molar-refractivity contribution in [2.45, 2.75) is 19.3 Å². The van der Waals surface area contributed by atoms with Crippen LogP contribution in [0.3, 0.4) is 0 Å². The highest BCUT2D eigenvalue weighted by Crippen LogP contribution is 2.29. The van der Waals surface area contributed by atoms with Gasteiger partial charge in [0, 0.05) is 18.2 Å².